The Morgan fingerprint density at radius 3 is 2.46 bits per heavy atom. The predicted molar refractivity (Wildman–Crippen MR) is 104 cm³/mol. The van der Waals surface area contributed by atoms with Gasteiger partial charge in [0.1, 0.15) is 11.6 Å². The van der Waals surface area contributed by atoms with Crippen molar-refractivity contribution in [3.05, 3.63) is 73.3 Å². The number of Topliss-reactive ketones (excluding diaryl/α,β-unsaturated/α-hetero) is 1. The van der Waals surface area contributed by atoms with Crippen LogP contribution in [0.2, 0.25) is 0 Å². The van der Waals surface area contributed by atoms with Gasteiger partial charge in [-0.15, -0.1) is 0 Å². The Balaban J connectivity index is 2.05. The first-order valence-electron chi connectivity index (χ1n) is 9.37. The molecule has 2 aromatic rings. The molecule has 6 nitrogen and oxygen atoms in total. The van der Waals surface area contributed by atoms with Crippen molar-refractivity contribution in [3.8, 4) is 0 Å². The van der Waals surface area contributed by atoms with E-state index in [0.717, 1.165) is 5.70 Å². The fourth-order valence-electron chi connectivity index (χ4n) is 4.35. The standard InChI is InChI=1S/C21H22FN3O3/c1-4-25-18-17(19(27)24-20(25)28)15(11-5-7-12(22)8-6-11)16-13(23-18)9-21(2,3)10-14(16)26/h5-8,15,23H,4,9-10H2,1-3H3,(H,24,27,28). The summed E-state index contributed by atoms with van der Waals surface area (Å²) in [6, 6.07) is 5.82. The summed E-state index contributed by atoms with van der Waals surface area (Å²) < 4.78 is 15.0. The maximum Gasteiger partial charge on any atom is 0.329 e. The molecule has 0 radical (unpaired) electrons. The average Bonchev–Trinajstić information content (AvgIpc) is 2.60. The lowest BCUT2D eigenvalue weighted by molar-refractivity contribution is -0.118. The van der Waals surface area contributed by atoms with Gasteiger partial charge in [0, 0.05) is 30.2 Å². The van der Waals surface area contributed by atoms with Crippen LogP contribution in [0.5, 0.6) is 0 Å². The zero-order chi connectivity index (χ0) is 20.2. The summed E-state index contributed by atoms with van der Waals surface area (Å²) in [5.74, 6) is -0.657. The van der Waals surface area contributed by atoms with Gasteiger partial charge >= 0.3 is 5.69 Å². The summed E-state index contributed by atoms with van der Waals surface area (Å²) in [7, 11) is 0. The van der Waals surface area contributed by atoms with Crippen LogP contribution in [0.15, 0.2) is 45.1 Å². The number of halogens is 1. The highest BCUT2D eigenvalue weighted by Crippen LogP contribution is 2.47. The van der Waals surface area contributed by atoms with Gasteiger partial charge in [-0.1, -0.05) is 26.0 Å². The van der Waals surface area contributed by atoms with E-state index in [1.54, 1.807) is 12.1 Å². The molecule has 1 atom stereocenters. The highest BCUT2D eigenvalue weighted by atomic mass is 19.1. The third-order valence-corrected chi connectivity index (χ3v) is 5.52. The van der Waals surface area contributed by atoms with E-state index in [-0.39, 0.29) is 11.2 Å². The first kappa shape index (κ1) is 18.4. The van der Waals surface area contributed by atoms with Crippen LogP contribution >= 0.6 is 0 Å². The van der Waals surface area contributed by atoms with E-state index < -0.39 is 23.0 Å². The number of rotatable bonds is 2. The second-order valence-electron chi connectivity index (χ2n) is 8.21. The quantitative estimate of drug-likeness (QED) is 0.835. The minimum Gasteiger partial charge on any atom is -0.344 e. The third-order valence-electron chi connectivity index (χ3n) is 5.52. The van der Waals surface area contributed by atoms with Crippen molar-refractivity contribution >= 4 is 11.6 Å². The smallest absolute Gasteiger partial charge is 0.329 e. The Morgan fingerprint density at radius 2 is 1.82 bits per heavy atom. The lowest BCUT2D eigenvalue weighted by Gasteiger charge is -2.39. The Bertz CT molecular complexity index is 1120. The fraction of sp³-hybridized carbons (Fsp3) is 0.381. The van der Waals surface area contributed by atoms with E-state index in [0.29, 0.717) is 41.9 Å². The number of nitrogens with one attached hydrogen (secondary N) is 2. The number of aromatic nitrogens is 2. The van der Waals surface area contributed by atoms with Gasteiger partial charge in [0.15, 0.2) is 5.78 Å². The average molecular weight is 383 g/mol. The van der Waals surface area contributed by atoms with Crippen molar-refractivity contribution in [2.45, 2.75) is 46.1 Å². The number of allylic oxidation sites excluding steroid dienone is 2. The Morgan fingerprint density at radius 1 is 1.14 bits per heavy atom. The first-order valence-corrected chi connectivity index (χ1v) is 9.37. The minimum absolute atomic E-state index is 0.0348. The SMILES string of the molecule is CCn1c2c(c(=O)[nH]c1=O)C(c1ccc(F)cc1)C1=C(CC(C)(C)CC1=O)N2. The highest BCUT2D eigenvalue weighted by Gasteiger charge is 2.42. The first-order chi connectivity index (χ1) is 13.2. The van der Waals surface area contributed by atoms with Crippen molar-refractivity contribution < 1.29 is 9.18 Å². The maximum atomic E-state index is 13.5. The summed E-state index contributed by atoms with van der Waals surface area (Å²) in [5, 5.41) is 3.22. The van der Waals surface area contributed by atoms with E-state index >= 15 is 0 Å². The van der Waals surface area contributed by atoms with E-state index in [1.807, 2.05) is 20.8 Å². The van der Waals surface area contributed by atoms with Crippen LogP contribution in [-0.2, 0) is 11.3 Å². The maximum absolute atomic E-state index is 13.5. The van der Waals surface area contributed by atoms with Gasteiger partial charge in [-0.3, -0.25) is 19.1 Å². The second-order valence-corrected chi connectivity index (χ2v) is 8.21. The molecule has 0 saturated heterocycles. The zero-order valence-corrected chi connectivity index (χ0v) is 16.1. The molecule has 146 valence electrons. The van der Waals surface area contributed by atoms with Gasteiger partial charge in [-0.25, -0.2) is 9.18 Å². The number of benzene rings is 1. The molecule has 28 heavy (non-hydrogen) atoms. The largest absolute Gasteiger partial charge is 0.344 e. The van der Waals surface area contributed by atoms with Crippen molar-refractivity contribution in [1.29, 1.82) is 0 Å². The third kappa shape index (κ3) is 2.82. The van der Waals surface area contributed by atoms with Crippen molar-refractivity contribution in [3.63, 3.8) is 0 Å². The zero-order valence-electron chi connectivity index (χ0n) is 16.1. The molecular weight excluding hydrogens is 361 g/mol. The van der Waals surface area contributed by atoms with E-state index in [9.17, 15) is 18.8 Å². The van der Waals surface area contributed by atoms with Crippen LogP contribution in [0.3, 0.4) is 0 Å². The predicted octanol–water partition coefficient (Wildman–Crippen LogP) is 2.90. The number of anilines is 1. The molecule has 0 saturated carbocycles. The molecule has 0 bridgehead atoms. The monoisotopic (exact) mass is 383 g/mol. The second kappa shape index (κ2) is 6.29. The normalized spacial score (nSPS) is 20.4. The van der Waals surface area contributed by atoms with Crippen LogP contribution in [-0.4, -0.2) is 15.3 Å². The summed E-state index contributed by atoms with van der Waals surface area (Å²) in [5.41, 5.74) is 0.974. The number of carbonyl (C=O) groups is 1. The number of ketones is 1. The molecule has 2 aliphatic rings. The van der Waals surface area contributed by atoms with Gasteiger partial charge in [0.2, 0.25) is 0 Å². The fourth-order valence-corrected chi connectivity index (χ4v) is 4.35. The molecule has 1 aliphatic heterocycles. The molecule has 1 aromatic carbocycles. The molecule has 0 amide bonds. The van der Waals surface area contributed by atoms with Crippen molar-refractivity contribution in [2.24, 2.45) is 5.41 Å². The summed E-state index contributed by atoms with van der Waals surface area (Å²) in [6.45, 7) is 6.21. The molecule has 1 aromatic heterocycles. The molecule has 0 fully saturated rings. The summed E-state index contributed by atoms with van der Waals surface area (Å²) in [4.78, 5) is 40.6. The van der Waals surface area contributed by atoms with Crippen LogP contribution in [0.1, 0.15) is 50.7 Å². The number of fused-ring (bicyclic) bond motifs is 1. The summed E-state index contributed by atoms with van der Waals surface area (Å²) >= 11 is 0. The van der Waals surface area contributed by atoms with Crippen LogP contribution < -0.4 is 16.6 Å². The number of hydrogen-bond acceptors (Lipinski definition) is 4. The molecule has 1 unspecified atom stereocenters. The van der Waals surface area contributed by atoms with Crippen molar-refractivity contribution in [1.82, 2.24) is 9.55 Å². The Hall–Kier alpha value is -2.96. The molecule has 1 aliphatic carbocycles. The number of hydrogen-bond donors (Lipinski definition) is 2. The number of H-pyrrole nitrogens is 1. The van der Waals surface area contributed by atoms with Gasteiger partial charge in [0.05, 0.1) is 5.56 Å². The van der Waals surface area contributed by atoms with Crippen LogP contribution in [0, 0.1) is 11.2 Å². The Kier molecular flexibility index (Phi) is 4.14. The van der Waals surface area contributed by atoms with Crippen LogP contribution in [0.4, 0.5) is 10.2 Å². The van der Waals surface area contributed by atoms with Crippen molar-refractivity contribution in [2.75, 3.05) is 5.32 Å². The molecule has 2 heterocycles. The lowest BCUT2D eigenvalue weighted by Crippen LogP contribution is -2.41. The minimum atomic E-state index is -0.641. The molecule has 7 heteroatoms. The van der Waals surface area contributed by atoms with Gasteiger partial charge in [0.25, 0.3) is 5.56 Å². The summed E-state index contributed by atoms with van der Waals surface area (Å²) in [6.07, 6.45) is 0.988. The van der Waals surface area contributed by atoms with E-state index in [2.05, 4.69) is 10.3 Å². The van der Waals surface area contributed by atoms with E-state index in [4.69, 9.17) is 0 Å². The van der Waals surface area contributed by atoms with Crippen LogP contribution in [0.25, 0.3) is 0 Å². The number of carbonyl (C=O) groups excluding carboxylic acids is 1. The van der Waals surface area contributed by atoms with Gasteiger partial charge < -0.3 is 5.32 Å². The number of nitrogens with zero attached hydrogens (tertiary/aromatic N) is 1. The Labute approximate surface area is 161 Å². The molecule has 2 N–H and O–H groups in total. The number of aromatic amines is 1. The molecule has 0 spiro atoms. The topological polar surface area (TPSA) is 84.0 Å². The highest BCUT2D eigenvalue weighted by molar-refractivity contribution is 6.01. The van der Waals surface area contributed by atoms with E-state index in [1.165, 1.54) is 16.7 Å². The molecule has 4 rings (SSSR count). The van der Waals surface area contributed by atoms with Gasteiger partial charge in [-0.2, -0.15) is 0 Å². The lowest BCUT2D eigenvalue weighted by atomic mass is 9.69. The molecular formula is C21H22FN3O3. The van der Waals surface area contributed by atoms with Gasteiger partial charge in [-0.05, 0) is 36.5 Å².